The van der Waals surface area contributed by atoms with Gasteiger partial charge in [-0.2, -0.15) is 0 Å². The minimum absolute atomic E-state index is 0.634. The van der Waals surface area contributed by atoms with Crippen LogP contribution in [-0.2, 0) is 0 Å². The monoisotopic (exact) mass is 536 g/mol. The first-order chi connectivity index (χ1) is 20.8. The molecule has 4 heteroatoms. The van der Waals surface area contributed by atoms with Crippen molar-refractivity contribution in [2.45, 2.75) is 0 Å². The molecule has 0 saturated carbocycles. The van der Waals surface area contributed by atoms with Crippen LogP contribution in [-0.4, -0.2) is 19.9 Å². The molecule has 196 valence electrons. The number of fused-ring (bicyclic) bond motifs is 3. The Morgan fingerprint density at radius 1 is 0.286 bits per heavy atom. The van der Waals surface area contributed by atoms with Crippen molar-refractivity contribution < 1.29 is 0 Å². The second kappa shape index (κ2) is 10.0. The van der Waals surface area contributed by atoms with E-state index in [4.69, 9.17) is 19.9 Å². The lowest BCUT2D eigenvalue weighted by atomic mass is 10.0. The normalized spacial score (nSPS) is 11.3. The van der Waals surface area contributed by atoms with Crippen LogP contribution in [0.1, 0.15) is 0 Å². The molecule has 0 bridgehead atoms. The Balaban J connectivity index is 1.25. The van der Waals surface area contributed by atoms with Gasteiger partial charge in [0.05, 0.1) is 11.2 Å². The van der Waals surface area contributed by atoms with Crippen LogP contribution in [0.3, 0.4) is 0 Å². The first-order valence-electron chi connectivity index (χ1n) is 14.0. The van der Waals surface area contributed by atoms with E-state index in [1.807, 2.05) is 18.2 Å². The number of hydrogen-bond donors (Lipinski definition) is 0. The molecule has 0 atom stereocenters. The van der Waals surface area contributed by atoms with Gasteiger partial charge < -0.3 is 0 Å². The maximum atomic E-state index is 4.97. The van der Waals surface area contributed by atoms with Crippen LogP contribution < -0.4 is 0 Å². The molecule has 0 radical (unpaired) electrons. The second-order valence-corrected chi connectivity index (χ2v) is 10.4. The Hall–Kier alpha value is -5.74. The van der Waals surface area contributed by atoms with Gasteiger partial charge in [0.15, 0.2) is 17.5 Å². The van der Waals surface area contributed by atoms with Crippen LogP contribution >= 0.6 is 0 Å². The topological polar surface area (TPSA) is 51.6 Å². The van der Waals surface area contributed by atoms with Gasteiger partial charge in [0, 0.05) is 27.6 Å². The van der Waals surface area contributed by atoms with Crippen molar-refractivity contribution >= 4 is 32.4 Å². The summed E-state index contributed by atoms with van der Waals surface area (Å²) in [5.41, 5.74) is 5.79. The molecule has 0 N–H and O–H groups in total. The third-order valence-electron chi connectivity index (χ3n) is 7.69. The predicted molar refractivity (Wildman–Crippen MR) is 172 cm³/mol. The predicted octanol–water partition coefficient (Wildman–Crippen LogP) is 9.39. The molecule has 0 fully saturated rings. The molecule has 0 aliphatic heterocycles. The number of pyridine rings is 1. The Kier molecular flexibility index (Phi) is 5.75. The smallest absolute Gasteiger partial charge is 0.164 e. The lowest BCUT2D eigenvalue weighted by Gasteiger charge is -2.10. The van der Waals surface area contributed by atoms with Crippen molar-refractivity contribution in [3.05, 3.63) is 146 Å². The molecule has 4 nitrogen and oxygen atoms in total. The molecule has 2 aromatic heterocycles. The van der Waals surface area contributed by atoms with Gasteiger partial charge >= 0.3 is 0 Å². The van der Waals surface area contributed by atoms with Crippen LogP contribution in [0.25, 0.3) is 77.9 Å². The van der Waals surface area contributed by atoms with E-state index in [1.165, 1.54) is 10.8 Å². The molecule has 0 spiro atoms. The minimum Gasteiger partial charge on any atom is -0.248 e. The zero-order valence-corrected chi connectivity index (χ0v) is 22.6. The quantitative estimate of drug-likeness (QED) is 0.225. The first-order valence-corrected chi connectivity index (χ1v) is 14.0. The first kappa shape index (κ1) is 24.1. The summed E-state index contributed by atoms with van der Waals surface area (Å²) in [6, 6.07) is 50.0. The summed E-state index contributed by atoms with van der Waals surface area (Å²) < 4.78 is 0. The highest BCUT2D eigenvalue weighted by Gasteiger charge is 2.14. The molecular weight excluding hydrogens is 512 g/mol. The number of hydrogen-bond acceptors (Lipinski definition) is 4. The molecule has 0 aliphatic rings. The van der Waals surface area contributed by atoms with Gasteiger partial charge in [0.1, 0.15) is 0 Å². The largest absolute Gasteiger partial charge is 0.248 e. The summed E-state index contributed by atoms with van der Waals surface area (Å²) in [7, 11) is 0. The molecule has 2 heterocycles. The van der Waals surface area contributed by atoms with Crippen molar-refractivity contribution in [3.63, 3.8) is 0 Å². The molecule has 8 aromatic rings. The third kappa shape index (κ3) is 4.45. The van der Waals surface area contributed by atoms with Gasteiger partial charge in [0.2, 0.25) is 0 Å². The Labute approximate surface area is 243 Å². The summed E-state index contributed by atoms with van der Waals surface area (Å²) in [5.74, 6) is 1.93. The molecule has 0 unspecified atom stereocenters. The summed E-state index contributed by atoms with van der Waals surface area (Å²) in [4.78, 5) is 19.8. The van der Waals surface area contributed by atoms with E-state index >= 15 is 0 Å². The number of aromatic nitrogens is 4. The fourth-order valence-electron chi connectivity index (χ4n) is 5.44. The summed E-state index contributed by atoms with van der Waals surface area (Å²) in [6.45, 7) is 0. The van der Waals surface area contributed by atoms with E-state index in [2.05, 4.69) is 127 Å². The molecule has 0 amide bonds. The lowest BCUT2D eigenvalue weighted by Crippen LogP contribution is -2.00. The Morgan fingerprint density at radius 2 is 0.714 bits per heavy atom. The van der Waals surface area contributed by atoms with Gasteiger partial charge in [-0.15, -0.1) is 0 Å². The van der Waals surface area contributed by atoms with Crippen LogP contribution in [0.2, 0.25) is 0 Å². The maximum absolute atomic E-state index is 4.97. The van der Waals surface area contributed by atoms with Gasteiger partial charge in [-0.25, -0.2) is 19.9 Å². The van der Waals surface area contributed by atoms with E-state index in [9.17, 15) is 0 Å². The van der Waals surface area contributed by atoms with Gasteiger partial charge in [0.25, 0.3) is 0 Å². The standard InChI is InChI=1S/C38H24N4/c1-3-10-30-23-32(19-13-25(30)7-1)37-40-36(41-38(42-37)33-20-14-26-8-2-4-11-31(26)24-33)29-17-15-28(16-18-29)35-22-21-27-9-5-6-12-34(27)39-35/h1-24H. The van der Waals surface area contributed by atoms with Crippen molar-refractivity contribution in [1.29, 1.82) is 0 Å². The zero-order valence-electron chi connectivity index (χ0n) is 22.6. The average Bonchev–Trinajstić information content (AvgIpc) is 3.07. The number of rotatable bonds is 4. The Bertz CT molecular complexity index is 2160. The third-order valence-corrected chi connectivity index (χ3v) is 7.69. The van der Waals surface area contributed by atoms with Crippen LogP contribution in [0.4, 0.5) is 0 Å². The fraction of sp³-hybridized carbons (Fsp3) is 0. The van der Waals surface area contributed by atoms with Crippen molar-refractivity contribution in [2.24, 2.45) is 0 Å². The van der Waals surface area contributed by atoms with E-state index in [0.717, 1.165) is 49.6 Å². The van der Waals surface area contributed by atoms with Crippen molar-refractivity contribution in [2.75, 3.05) is 0 Å². The summed E-state index contributed by atoms with van der Waals surface area (Å²) in [6.07, 6.45) is 0. The zero-order chi connectivity index (χ0) is 27.9. The highest BCUT2D eigenvalue weighted by Crippen LogP contribution is 2.30. The van der Waals surface area contributed by atoms with E-state index in [0.29, 0.717) is 17.5 Å². The molecule has 8 rings (SSSR count). The second-order valence-electron chi connectivity index (χ2n) is 10.4. The maximum Gasteiger partial charge on any atom is 0.164 e. The SMILES string of the molecule is c1ccc2cc(-c3nc(-c4ccc(-c5ccc6ccccc6n5)cc4)nc(-c4ccc5ccccc5c4)n3)ccc2c1. The highest BCUT2D eigenvalue weighted by atomic mass is 15.0. The van der Waals surface area contributed by atoms with E-state index in [-0.39, 0.29) is 0 Å². The highest BCUT2D eigenvalue weighted by molar-refractivity contribution is 5.88. The van der Waals surface area contributed by atoms with Gasteiger partial charge in [-0.1, -0.05) is 121 Å². The minimum atomic E-state index is 0.634. The molecule has 0 saturated heterocycles. The van der Waals surface area contributed by atoms with E-state index in [1.54, 1.807) is 0 Å². The fourth-order valence-corrected chi connectivity index (χ4v) is 5.44. The Morgan fingerprint density at radius 3 is 1.31 bits per heavy atom. The van der Waals surface area contributed by atoms with Crippen LogP contribution in [0, 0.1) is 0 Å². The van der Waals surface area contributed by atoms with Crippen LogP contribution in [0.5, 0.6) is 0 Å². The number of benzene rings is 6. The van der Waals surface area contributed by atoms with Crippen LogP contribution in [0.15, 0.2) is 146 Å². The van der Waals surface area contributed by atoms with Gasteiger partial charge in [-0.3, -0.25) is 0 Å². The number of nitrogens with zero attached hydrogens (tertiary/aromatic N) is 4. The van der Waals surface area contributed by atoms with Crippen molar-refractivity contribution in [3.8, 4) is 45.4 Å². The van der Waals surface area contributed by atoms with Crippen molar-refractivity contribution in [1.82, 2.24) is 19.9 Å². The van der Waals surface area contributed by atoms with E-state index < -0.39 is 0 Å². The number of para-hydroxylation sites is 1. The van der Waals surface area contributed by atoms with Gasteiger partial charge in [-0.05, 0) is 45.8 Å². The molecule has 0 aliphatic carbocycles. The summed E-state index contributed by atoms with van der Waals surface area (Å²) in [5, 5.41) is 5.80. The lowest BCUT2D eigenvalue weighted by molar-refractivity contribution is 1.08. The average molecular weight is 537 g/mol. The molecule has 6 aromatic carbocycles. The molecular formula is C38H24N4. The molecule has 42 heavy (non-hydrogen) atoms. The summed E-state index contributed by atoms with van der Waals surface area (Å²) >= 11 is 0.